The van der Waals surface area contributed by atoms with Gasteiger partial charge < -0.3 is 14.8 Å². The minimum atomic E-state index is -0.399. The summed E-state index contributed by atoms with van der Waals surface area (Å²) in [5, 5.41) is 3.63. The Morgan fingerprint density at radius 3 is 2.42 bits per heavy atom. The minimum absolute atomic E-state index is 0.0795. The molecule has 1 aliphatic heterocycles. The molecule has 0 radical (unpaired) electrons. The predicted octanol–water partition coefficient (Wildman–Crippen LogP) is 7.07. The van der Waals surface area contributed by atoms with Gasteiger partial charge in [-0.25, -0.2) is 4.79 Å². The van der Waals surface area contributed by atoms with Crippen LogP contribution in [0, 0.1) is 0 Å². The number of nitrogens with one attached hydrogen (secondary N) is 1. The normalized spacial score (nSPS) is 14.1. The Morgan fingerprint density at radius 1 is 0.947 bits per heavy atom. The van der Waals surface area contributed by atoms with Gasteiger partial charge in [0.05, 0.1) is 17.1 Å². The number of hydrogen-bond acceptors (Lipinski definition) is 2. The van der Waals surface area contributed by atoms with Gasteiger partial charge in [-0.2, -0.15) is 0 Å². The molecule has 7 heteroatoms. The van der Waals surface area contributed by atoms with Gasteiger partial charge in [0.2, 0.25) is 5.91 Å². The average molecular weight is 527 g/mol. The number of aromatic nitrogens is 1. The Bertz CT molecular complexity index is 1480. The predicted molar refractivity (Wildman–Crippen MR) is 153 cm³/mol. The summed E-state index contributed by atoms with van der Waals surface area (Å²) in [4.78, 5) is 31.1. The first kappa shape index (κ1) is 25.6. The van der Waals surface area contributed by atoms with E-state index in [-0.39, 0.29) is 24.5 Å². The molecule has 0 saturated heterocycles. The molecule has 4 aromatic rings. The van der Waals surface area contributed by atoms with Crippen molar-refractivity contribution in [1.29, 1.82) is 0 Å². The van der Waals surface area contributed by atoms with E-state index in [2.05, 4.69) is 9.88 Å². The molecule has 194 valence electrons. The van der Waals surface area contributed by atoms with Gasteiger partial charge in [-0.1, -0.05) is 61.0 Å². The van der Waals surface area contributed by atoms with E-state index in [1.165, 1.54) is 0 Å². The summed E-state index contributed by atoms with van der Waals surface area (Å²) in [6.45, 7) is 5.81. The summed E-state index contributed by atoms with van der Waals surface area (Å²) < 4.78 is 2.11. The van der Waals surface area contributed by atoms with Gasteiger partial charge in [0.1, 0.15) is 12.6 Å². The highest BCUT2D eigenvalue weighted by Crippen LogP contribution is 2.42. The Balaban J connectivity index is 1.52. The first-order valence-corrected chi connectivity index (χ1v) is 13.3. The van der Waals surface area contributed by atoms with Crippen LogP contribution in [0.25, 0.3) is 5.69 Å². The largest absolute Gasteiger partial charge is 0.322 e. The molecule has 0 fully saturated rings. The van der Waals surface area contributed by atoms with Crippen LogP contribution in [0.5, 0.6) is 0 Å². The van der Waals surface area contributed by atoms with E-state index < -0.39 is 6.04 Å². The molecule has 38 heavy (non-hydrogen) atoms. The highest BCUT2D eigenvalue weighted by molar-refractivity contribution is 6.30. The second kappa shape index (κ2) is 10.8. The number of nitrogens with zero attached hydrogens (tertiary/aromatic N) is 3. The fourth-order valence-corrected chi connectivity index (χ4v) is 5.30. The molecule has 0 unspecified atom stereocenters. The molecule has 3 aromatic carbocycles. The van der Waals surface area contributed by atoms with Crippen molar-refractivity contribution in [3.05, 3.63) is 113 Å². The topological polar surface area (TPSA) is 57.6 Å². The van der Waals surface area contributed by atoms with Crippen molar-refractivity contribution in [2.45, 2.75) is 39.3 Å². The number of rotatable bonds is 6. The molecular weight excluding hydrogens is 496 g/mol. The quantitative estimate of drug-likeness (QED) is 0.292. The zero-order chi connectivity index (χ0) is 26.8. The molecule has 2 heterocycles. The monoisotopic (exact) mass is 526 g/mol. The summed E-state index contributed by atoms with van der Waals surface area (Å²) in [7, 11) is 0. The number of carbonyl (C=O) groups excluding carboxylic acids is 2. The lowest BCUT2D eigenvalue weighted by Gasteiger charge is -2.40. The molecule has 6 nitrogen and oxygen atoms in total. The van der Waals surface area contributed by atoms with Crippen LogP contribution in [-0.4, -0.2) is 34.0 Å². The molecule has 1 aliphatic rings. The van der Waals surface area contributed by atoms with Gasteiger partial charge in [-0.05, 0) is 73.9 Å². The number of benzene rings is 3. The van der Waals surface area contributed by atoms with Crippen molar-refractivity contribution in [2.75, 3.05) is 16.8 Å². The smallest absolute Gasteiger partial charge is 0.316 e. The Kier molecular flexibility index (Phi) is 7.25. The Hall–Kier alpha value is -4.03. The van der Waals surface area contributed by atoms with Crippen molar-refractivity contribution < 1.29 is 9.59 Å². The summed E-state index contributed by atoms with van der Waals surface area (Å²) in [5.74, 6) is -0.178. The maximum Gasteiger partial charge on any atom is 0.322 e. The SMILES string of the molecule is CCc1ccccc1NC(=O)N(CC(=O)N1c2ccccc2-n2cccc2[C@@H]1c1cccc(Cl)c1)C(C)C. The summed E-state index contributed by atoms with van der Waals surface area (Å²) in [6.07, 6.45) is 2.80. The van der Waals surface area contributed by atoms with Crippen LogP contribution >= 0.6 is 11.6 Å². The molecule has 1 N–H and O–H groups in total. The van der Waals surface area contributed by atoms with E-state index in [1.807, 2.05) is 112 Å². The standard InChI is InChI=1S/C31H31ClN4O2/c1-4-22-11-5-6-14-25(22)33-31(38)35(21(2)3)20-29(37)36-27-16-8-7-15-26(27)34-18-10-17-28(34)30(36)23-12-9-13-24(32)19-23/h5-19,21,30H,4,20H2,1-3H3,(H,33,38)/t30-/m0/s1. The van der Waals surface area contributed by atoms with Crippen LogP contribution in [0.15, 0.2) is 91.1 Å². The summed E-state index contributed by atoms with van der Waals surface area (Å²) in [6, 6.07) is 26.3. The lowest BCUT2D eigenvalue weighted by Crippen LogP contribution is -2.49. The van der Waals surface area contributed by atoms with Gasteiger partial charge in [0.25, 0.3) is 0 Å². The van der Waals surface area contributed by atoms with E-state index in [0.29, 0.717) is 5.02 Å². The number of halogens is 1. The maximum atomic E-state index is 14.2. The van der Waals surface area contributed by atoms with E-state index in [1.54, 1.807) is 9.80 Å². The highest BCUT2D eigenvalue weighted by atomic mass is 35.5. The number of para-hydroxylation sites is 3. The fourth-order valence-electron chi connectivity index (χ4n) is 5.10. The van der Waals surface area contributed by atoms with Gasteiger partial charge in [0.15, 0.2) is 0 Å². The van der Waals surface area contributed by atoms with E-state index in [4.69, 9.17) is 11.6 Å². The van der Waals surface area contributed by atoms with E-state index >= 15 is 0 Å². The van der Waals surface area contributed by atoms with E-state index in [0.717, 1.165) is 40.3 Å². The molecule has 1 aromatic heterocycles. The average Bonchev–Trinajstić information content (AvgIpc) is 3.41. The molecule has 1 atom stereocenters. The van der Waals surface area contributed by atoms with Crippen molar-refractivity contribution in [3.63, 3.8) is 0 Å². The van der Waals surface area contributed by atoms with Crippen molar-refractivity contribution in [1.82, 2.24) is 9.47 Å². The van der Waals surface area contributed by atoms with Crippen LogP contribution in [0.4, 0.5) is 16.2 Å². The molecule has 0 saturated carbocycles. The first-order valence-electron chi connectivity index (χ1n) is 12.9. The second-order valence-corrected chi connectivity index (χ2v) is 10.1. The van der Waals surface area contributed by atoms with Crippen molar-refractivity contribution in [3.8, 4) is 5.69 Å². The van der Waals surface area contributed by atoms with Crippen LogP contribution in [0.3, 0.4) is 0 Å². The highest BCUT2D eigenvalue weighted by Gasteiger charge is 2.37. The number of carbonyl (C=O) groups is 2. The fraction of sp³-hybridized carbons (Fsp3) is 0.226. The molecule has 0 aliphatic carbocycles. The maximum absolute atomic E-state index is 14.2. The van der Waals surface area contributed by atoms with Gasteiger partial charge in [0, 0.05) is 22.9 Å². The van der Waals surface area contributed by atoms with Crippen LogP contribution in [-0.2, 0) is 11.2 Å². The Labute approximate surface area is 228 Å². The minimum Gasteiger partial charge on any atom is -0.316 e. The lowest BCUT2D eigenvalue weighted by molar-refractivity contribution is -0.119. The number of aryl methyl sites for hydroxylation is 1. The van der Waals surface area contributed by atoms with Gasteiger partial charge in [-0.15, -0.1) is 0 Å². The lowest BCUT2D eigenvalue weighted by atomic mass is 9.97. The van der Waals surface area contributed by atoms with Crippen LogP contribution in [0.2, 0.25) is 5.02 Å². The molecule has 3 amide bonds. The third-order valence-electron chi connectivity index (χ3n) is 6.98. The number of anilines is 2. The molecule has 0 bridgehead atoms. The molecular formula is C31H31ClN4O2. The van der Waals surface area contributed by atoms with Crippen LogP contribution in [0.1, 0.15) is 43.6 Å². The number of fused-ring (bicyclic) bond motifs is 3. The third kappa shape index (κ3) is 4.79. The second-order valence-electron chi connectivity index (χ2n) is 9.68. The summed E-state index contributed by atoms with van der Waals surface area (Å²) in [5.41, 5.74) is 5.36. The molecule has 0 spiro atoms. The molecule has 5 rings (SSSR count). The Morgan fingerprint density at radius 2 is 1.68 bits per heavy atom. The number of amides is 3. The number of urea groups is 1. The van der Waals surface area contributed by atoms with Crippen molar-refractivity contribution >= 4 is 34.9 Å². The van der Waals surface area contributed by atoms with E-state index in [9.17, 15) is 9.59 Å². The zero-order valence-electron chi connectivity index (χ0n) is 21.8. The number of hydrogen-bond donors (Lipinski definition) is 1. The third-order valence-corrected chi connectivity index (χ3v) is 7.22. The first-order chi connectivity index (χ1) is 18.4. The zero-order valence-corrected chi connectivity index (χ0v) is 22.5. The van der Waals surface area contributed by atoms with Crippen molar-refractivity contribution in [2.24, 2.45) is 0 Å². The summed E-state index contributed by atoms with van der Waals surface area (Å²) >= 11 is 6.39. The van der Waals surface area contributed by atoms with Gasteiger partial charge >= 0.3 is 6.03 Å². The van der Waals surface area contributed by atoms with Crippen LogP contribution < -0.4 is 10.2 Å². The van der Waals surface area contributed by atoms with Gasteiger partial charge in [-0.3, -0.25) is 9.69 Å².